The molecule has 0 aliphatic rings. The third-order valence-corrected chi connectivity index (χ3v) is 6.07. The number of methoxy groups -OCH3 is 1. The summed E-state index contributed by atoms with van der Waals surface area (Å²) in [4.78, 5) is 9.76. The molecule has 0 fully saturated rings. The molecule has 0 unspecified atom stereocenters. The normalized spacial score (nSPS) is 10.8. The number of anilines is 1. The van der Waals surface area contributed by atoms with E-state index in [-0.39, 0.29) is 0 Å². The molecule has 0 atom stereocenters. The number of aryl methyl sites for hydroxylation is 1. The number of hydrogen-bond donors (Lipinski definition) is 2. The number of H-pyrrole nitrogens is 1. The lowest BCUT2D eigenvalue weighted by Crippen LogP contribution is -2.36. The minimum Gasteiger partial charge on any atom is -0.495 e. The average molecular weight is 465 g/mol. The fourth-order valence-electron chi connectivity index (χ4n) is 3.83. The van der Waals surface area contributed by atoms with Crippen molar-refractivity contribution in [1.29, 1.82) is 0 Å². The van der Waals surface area contributed by atoms with E-state index in [1.807, 2.05) is 54.6 Å². The molecule has 2 aromatic carbocycles. The molecule has 0 aliphatic heterocycles. The van der Waals surface area contributed by atoms with Crippen LogP contribution in [-0.2, 0) is 13.0 Å². The van der Waals surface area contributed by atoms with Gasteiger partial charge in [0.1, 0.15) is 5.75 Å². The van der Waals surface area contributed by atoms with Crippen LogP contribution in [0.5, 0.6) is 5.75 Å². The van der Waals surface area contributed by atoms with E-state index in [1.165, 1.54) is 5.56 Å². The van der Waals surface area contributed by atoms with Crippen LogP contribution in [-0.4, -0.2) is 33.6 Å². The maximum atomic E-state index is 6.27. The monoisotopic (exact) mass is 464 g/mol. The van der Waals surface area contributed by atoms with Crippen molar-refractivity contribution in [3.63, 3.8) is 0 Å². The van der Waals surface area contributed by atoms with Crippen molar-refractivity contribution in [2.45, 2.75) is 19.9 Å². The topological polar surface area (TPSA) is 53.2 Å². The Kier molecular flexibility index (Phi) is 6.93. The Balaban J connectivity index is 1.58. The SMILES string of the molecule is COc1ccccc1NC(=S)N(CCc1c(C)[nH]c2ccc(Cl)cc12)Cc1ccncc1. The molecule has 2 heterocycles. The Hall–Kier alpha value is -3.09. The van der Waals surface area contributed by atoms with Gasteiger partial charge in [0, 0.05) is 47.1 Å². The number of para-hydroxylation sites is 2. The van der Waals surface area contributed by atoms with E-state index >= 15 is 0 Å². The van der Waals surface area contributed by atoms with Crippen molar-refractivity contribution >= 4 is 45.5 Å². The van der Waals surface area contributed by atoms with Gasteiger partial charge in [-0.3, -0.25) is 4.98 Å². The first kappa shape index (κ1) is 22.1. The first-order valence-corrected chi connectivity index (χ1v) is 11.2. The Bertz CT molecular complexity index is 1230. The maximum absolute atomic E-state index is 6.27. The maximum Gasteiger partial charge on any atom is 0.173 e. The molecule has 0 saturated carbocycles. The highest BCUT2D eigenvalue weighted by molar-refractivity contribution is 7.80. The molecular weight excluding hydrogens is 440 g/mol. The summed E-state index contributed by atoms with van der Waals surface area (Å²) in [5.74, 6) is 0.751. The predicted octanol–water partition coefficient (Wildman–Crippen LogP) is 5.98. The molecule has 4 aromatic rings. The zero-order valence-electron chi connectivity index (χ0n) is 18.1. The number of pyridine rings is 1. The number of nitrogens with one attached hydrogen (secondary N) is 2. The Morgan fingerprint density at radius 2 is 1.94 bits per heavy atom. The molecule has 5 nitrogen and oxygen atoms in total. The lowest BCUT2D eigenvalue weighted by atomic mass is 10.1. The average Bonchev–Trinajstić information content (AvgIpc) is 3.11. The van der Waals surface area contributed by atoms with Crippen LogP contribution in [0, 0.1) is 6.92 Å². The number of rotatable bonds is 7. The summed E-state index contributed by atoms with van der Waals surface area (Å²) < 4.78 is 5.47. The fourth-order valence-corrected chi connectivity index (χ4v) is 4.26. The number of aromatic nitrogens is 2. The van der Waals surface area contributed by atoms with Gasteiger partial charge in [-0.05, 0) is 79.2 Å². The molecule has 2 N–H and O–H groups in total. The number of benzene rings is 2. The van der Waals surface area contributed by atoms with Crippen LogP contribution in [0.15, 0.2) is 67.0 Å². The Morgan fingerprint density at radius 1 is 1.16 bits per heavy atom. The standard InChI is InChI=1S/C25H25ClN4OS/c1-17-20(21-15-19(26)7-8-22(21)28-17)11-14-30(16-18-9-12-27-13-10-18)25(32)29-23-5-3-4-6-24(23)31-2/h3-10,12-13,15,28H,11,14,16H2,1-2H3,(H,29,32). The van der Waals surface area contributed by atoms with E-state index in [2.05, 4.69) is 27.1 Å². The molecule has 0 aliphatic carbocycles. The summed E-state index contributed by atoms with van der Waals surface area (Å²) in [7, 11) is 1.66. The van der Waals surface area contributed by atoms with Crippen LogP contribution in [0.2, 0.25) is 5.02 Å². The summed E-state index contributed by atoms with van der Waals surface area (Å²) in [6.45, 7) is 3.51. The number of aromatic amines is 1. The molecule has 164 valence electrons. The van der Waals surface area contributed by atoms with Crippen LogP contribution in [0.25, 0.3) is 10.9 Å². The zero-order chi connectivity index (χ0) is 22.5. The summed E-state index contributed by atoms with van der Waals surface area (Å²) in [6, 6.07) is 17.7. The van der Waals surface area contributed by atoms with Gasteiger partial charge < -0.3 is 19.9 Å². The van der Waals surface area contributed by atoms with Crippen molar-refractivity contribution in [3.05, 3.63) is 88.8 Å². The summed E-state index contributed by atoms with van der Waals surface area (Å²) in [5.41, 5.74) is 5.48. The van der Waals surface area contributed by atoms with Crippen molar-refractivity contribution < 1.29 is 4.74 Å². The van der Waals surface area contributed by atoms with E-state index in [4.69, 9.17) is 28.6 Å². The minimum atomic E-state index is 0.641. The number of hydrogen-bond acceptors (Lipinski definition) is 3. The lowest BCUT2D eigenvalue weighted by Gasteiger charge is -2.26. The van der Waals surface area contributed by atoms with Crippen molar-refractivity contribution in [2.24, 2.45) is 0 Å². The molecule has 0 saturated heterocycles. The third kappa shape index (κ3) is 5.03. The molecule has 0 radical (unpaired) electrons. The van der Waals surface area contributed by atoms with Crippen molar-refractivity contribution in [1.82, 2.24) is 14.9 Å². The van der Waals surface area contributed by atoms with Gasteiger partial charge in [-0.15, -0.1) is 0 Å². The van der Waals surface area contributed by atoms with Gasteiger partial charge in [-0.1, -0.05) is 23.7 Å². The zero-order valence-corrected chi connectivity index (χ0v) is 19.6. The summed E-state index contributed by atoms with van der Waals surface area (Å²) >= 11 is 12.1. The van der Waals surface area contributed by atoms with Crippen LogP contribution in [0.3, 0.4) is 0 Å². The first-order valence-electron chi connectivity index (χ1n) is 10.4. The van der Waals surface area contributed by atoms with Gasteiger partial charge in [0.05, 0.1) is 12.8 Å². The molecule has 0 amide bonds. The Labute approximate surface area is 198 Å². The number of fused-ring (bicyclic) bond motifs is 1. The smallest absolute Gasteiger partial charge is 0.173 e. The van der Waals surface area contributed by atoms with Gasteiger partial charge in [0.15, 0.2) is 5.11 Å². The molecule has 0 bridgehead atoms. The molecule has 7 heteroatoms. The van der Waals surface area contributed by atoms with Crippen LogP contribution >= 0.6 is 23.8 Å². The van der Waals surface area contributed by atoms with Crippen LogP contribution in [0.4, 0.5) is 5.69 Å². The van der Waals surface area contributed by atoms with E-state index < -0.39 is 0 Å². The van der Waals surface area contributed by atoms with E-state index in [9.17, 15) is 0 Å². The number of ether oxygens (including phenoxy) is 1. The van der Waals surface area contributed by atoms with Crippen LogP contribution in [0.1, 0.15) is 16.8 Å². The second-order valence-electron chi connectivity index (χ2n) is 7.58. The summed E-state index contributed by atoms with van der Waals surface area (Å²) in [6.07, 6.45) is 4.43. The number of nitrogens with zero attached hydrogens (tertiary/aromatic N) is 2. The second kappa shape index (κ2) is 10.0. The van der Waals surface area contributed by atoms with Gasteiger partial charge in [0.25, 0.3) is 0 Å². The fraction of sp³-hybridized carbons (Fsp3) is 0.200. The number of thiocarbonyl (C=S) groups is 1. The number of halogens is 1. The summed E-state index contributed by atoms with van der Waals surface area (Å²) in [5, 5.41) is 5.89. The highest BCUT2D eigenvalue weighted by atomic mass is 35.5. The molecule has 2 aromatic heterocycles. The molecule has 0 spiro atoms. The highest BCUT2D eigenvalue weighted by Crippen LogP contribution is 2.27. The highest BCUT2D eigenvalue weighted by Gasteiger charge is 2.16. The minimum absolute atomic E-state index is 0.641. The van der Waals surface area contributed by atoms with Crippen molar-refractivity contribution in [2.75, 3.05) is 19.0 Å². The molecular formula is C25H25ClN4OS. The van der Waals surface area contributed by atoms with E-state index in [0.29, 0.717) is 11.7 Å². The van der Waals surface area contributed by atoms with Gasteiger partial charge in [0.2, 0.25) is 0 Å². The van der Waals surface area contributed by atoms with Gasteiger partial charge in [-0.25, -0.2) is 0 Å². The predicted molar refractivity (Wildman–Crippen MR) is 136 cm³/mol. The van der Waals surface area contributed by atoms with Gasteiger partial charge >= 0.3 is 0 Å². The van der Waals surface area contributed by atoms with E-state index in [0.717, 1.165) is 51.6 Å². The third-order valence-electron chi connectivity index (χ3n) is 5.47. The largest absolute Gasteiger partial charge is 0.495 e. The second-order valence-corrected chi connectivity index (χ2v) is 8.40. The quantitative estimate of drug-likeness (QED) is 0.330. The lowest BCUT2D eigenvalue weighted by molar-refractivity contribution is 0.414. The van der Waals surface area contributed by atoms with E-state index in [1.54, 1.807) is 19.5 Å². The Morgan fingerprint density at radius 3 is 2.72 bits per heavy atom. The van der Waals surface area contributed by atoms with Crippen molar-refractivity contribution in [3.8, 4) is 5.75 Å². The molecule has 32 heavy (non-hydrogen) atoms. The van der Waals surface area contributed by atoms with Crippen LogP contribution < -0.4 is 10.1 Å². The first-order chi connectivity index (χ1) is 15.5. The molecule has 4 rings (SSSR count). The van der Waals surface area contributed by atoms with Gasteiger partial charge in [-0.2, -0.15) is 0 Å².